The molecule has 0 aliphatic carbocycles. The fraction of sp³-hybridized carbons (Fsp3) is 0.278. The molecule has 0 spiro atoms. The zero-order valence-electron chi connectivity index (χ0n) is 25.9. The van der Waals surface area contributed by atoms with E-state index in [0.29, 0.717) is 17.7 Å². The number of hydrogen-bond donors (Lipinski definition) is 1. The van der Waals surface area contributed by atoms with Gasteiger partial charge in [0.2, 0.25) is 11.8 Å². The van der Waals surface area contributed by atoms with Crippen molar-refractivity contribution in [1.82, 2.24) is 10.2 Å². The Morgan fingerprint density at radius 1 is 0.778 bits per heavy atom. The number of amides is 2. The van der Waals surface area contributed by atoms with Crippen molar-refractivity contribution >= 4 is 27.5 Å². The molecule has 4 aromatic rings. The maximum absolute atomic E-state index is 14.5. The third-order valence-electron chi connectivity index (χ3n) is 7.78. The number of nitrogens with one attached hydrogen (secondary N) is 1. The number of carbonyl (C=O) groups excluding carboxylic acids is 2. The van der Waals surface area contributed by atoms with Gasteiger partial charge in [0.05, 0.1) is 10.6 Å². The Balaban J connectivity index is 1.79. The minimum atomic E-state index is -4.17. The smallest absolute Gasteiger partial charge is 0.264 e. The number of anilines is 1. The number of sulfonamides is 1. The highest BCUT2D eigenvalue weighted by atomic mass is 32.2. The van der Waals surface area contributed by atoms with Crippen molar-refractivity contribution in [1.29, 1.82) is 0 Å². The summed E-state index contributed by atoms with van der Waals surface area (Å²) in [6.45, 7) is 5.26. The Bertz CT molecular complexity index is 1650. The van der Waals surface area contributed by atoms with Crippen LogP contribution in [0.5, 0.6) is 0 Å². The molecule has 1 N–H and O–H groups in total. The van der Waals surface area contributed by atoms with Crippen LogP contribution in [-0.2, 0) is 39.0 Å². The van der Waals surface area contributed by atoms with E-state index < -0.39 is 34.3 Å². The minimum Gasteiger partial charge on any atom is -0.352 e. The second kappa shape index (κ2) is 15.5. The van der Waals surface area contributed by atoms with Gasteiger partial charge in [-0.25, -0.2) is 12.8 Å². The Kier molecular flexibility index (Phi) is 11.5. The molecule has 2 unspecified atom stereocenters. The van der Waals surface area contributed by atoms with Crippen LogP contribution < -0.4 is 9.62 Å². The van der Waals surface area contributed by atoms with Crippen LogP contribution in [0.15, 0.2) is 114 Å². The summed E-state index contributed by atoms with van der Waals surface area (Å²) in [7, 11) is -4.17. The van der Waals surface area contributed by atoms with Crippen molar-refractivity contribution in [2.24, 2.45) is 0 Å². The standard InChI is InChI=1S/C36H40FN3O4S/c1-4-27(3)38-36(42)34(24-29-12-8-6-9-13-29)39(25-30-16-20-31(37)21-17-30)35(41)26-40(32-22-18-28(5-2)19-23-32)45(43,44)33-14-10-7-11-15-33/h6-23,27,34H,4-5,24-26H2,1-3H3,(H,38,42). The second-order valence-corrected chi connectivity index (χ2v) is 12.9. The van der Waals surface area contributed by atoms with E-state index in [1.54, 1.807) is 42.5 Å². The monoisotopic (exact) mass is 629 g/mol. The zero-order valence-corrected chi connectivity index (χ0v) is 26.7. The number of nitrogens with zero attached hydrogens (tertiary/aromatic N) is 2. The molecule has 7 nitrogen and oxygen atoms in total. The molecule has 2 atom stereocenters. The maximum atomic E-state index is 14.5. The lowest BCUT2D eigenvalue weighted by atomic mass is 10.0. The van der Waals surface area contributed by atoms with E-state index in [4.69, 9.17) is 0 Å². The Morgan fingerprint density at radius 2 is 1.36 bits per heavy atom. The van der Waals surface area contributed by atoms with E-state index in [1.165, 1.54) is 29.2 Å². The average molecular weight is 630 g/mol. The Hall–Kier alpha value is -4.50. The molecule has 0 heterocycles. The third-order valence-corrected chi connectivity index (χ3v) is 9.57. The third kappa shape index (κ3) is 8.79. The number of benzene rings is 4. The van der Waals surface area contributed by atoms with Gasteiger partial charge in [-0.05, 0) is 72.9 Å². The summed E-state index contributed by atoms with van der Waals surface area (Å²) in [5.74, 6) is -1.35. The van der Waals surface area contributed by atoms with Crippen molar-refractivity contribution in [3.63, 3.8) is 0 Å². The first-order chi connectivity index (χ1) is 21.6. The van der Waals surface area contributed by atoms with Crippen LogP contribution in [0.25, 0.3) is 0 Å². The molecule has 4 rings (SSSR count). The first kappa shape index (κ1) is 33.4. The molecule has 0 aliphatic heterocycles. The summed E-state index contributed by atoms with van der Waals surface area (Å²) in [6, 6.07) is 28.9. The molecule has 0 saturated heterocycles. The maximum Gasteiger partial charge on any atom is 0.264 e. The zero-order chi connectivity index (χ0) is 32.4. The van der Waals surface area contributed by atoms with Crippen LogP contribution in [-0.4, -0.2) is 43.8 Å². The predicted molar refractivity (Wildman–Crippen MR) is 176 cm³/mol. The molecular formula is C36H40FN3O4S. The van der Waals surface area contributed by atoms with Gasteiger partial charge in [0.1, 0.15) is 18.4 Å². The quantitative estimate of drug-likeness (QED) is 0.182. The first-order valence-corrected chi connectivity index (χ1v) is 16.6. The largest absolute Gasteiger partial charge is 0.352 e. The normalized spacial score (nSPS) is 12.6. The Morgan fingerprint density at radius 3 is 1.93 bits per heavy atom. The highest BCUT2D eigenvalue weighted by Gasteiger charge is 2.35. The van der Waals surface area contributed by atoms with Crippen LogP contribution in [0.1, 0.15) is 43.9 Å². The van der Waals surface area contributed by atoms with Gasteiger partial charge in [0.15, 0.2) is 0 Å². The molecule has 45 heavy (non-hydrogen) atoms. The van der Waals surface area contributed by atoms with Crippen LogP contribution in [0.4, 0.5) is 10.1 Å². The molecule has 2 amide bonds. The van der Waals surface area contributed by atoms with Crippen LogP contribution in [0.3, 0.4) is 0 Å². The summed E-state index contributed by atoms with van der Waals surface area (Å²) >= 11 is 0. The van der Waals surface area contributed by atoms with Crippen molar-refractivity contribution < 1.29 is 22.4 Å². The highest BCUT2D eigenvalue weighted by Crippen LogP contribution is 2.26. The van der Waals surface area contributed by atoms with Gasteiger partial charge in [-0.15, -0.1) is 0 Å². The van der Waals surface area contributed by atoms with Crippen molar-refractivity contribution in [2.75, 3.05) is 10.8 Å². The van der Waals surface area contributed by atoms with E-state index in [-0.39, 0.29) is 29.8 Å². The summed E-state index contributed by atoms with van der Waals surface area (Å²) < 4.78 is 43.0. The summed E-state index contributed by atoms with van der Waals surface area (Å²) in [5.41, 5.74) is 2.78. The number of aryl methyl sites for hydroxylation is 1. The molecule has 0 fully saturated rings. The Labute approximate surface area is 265 Å². The number of hydrogen-bond acceptors (Lipinski definition) is 4. The van der Waals surface area contributed by atoms with Gasteiger partial charge in [-0.3, -0.25) is 13.9 Å². The lowest BCUT2D eigenvalue weighted by Gasteiger charge is -2.34. The summed E-state index contributed by atoms with van der Waals surface area (Å²) in [6.07, 6.45) is 1.65. The summed E-state index contributed by atoms with van der Waals surface area (Å²) in [4.78, 5) is 29.8. The first-order valence-electron chi connectivity index (χ1n) is 15.2. The van der Waals surface area contributed by atoms with Crippen molar-refractivity contribution in [3.05, 3.63) is 132 Å². The van der Waals surface area contributed by atoms with E-state index in [1.807, 2.05) is 63.2 Å². The SMILES string of the molecule is CCc1ccc(N(CC(=O)N(Cc2ccc(F)cc2)C(Cc2ccccc2)C(=O)NC(C)CC)S(=O)(=O)c2ccccc2)cc1. The summed E-state index contributed by atoms with van der Waals surface area (Å²) in [5, 5.41) is 3.01. The van der Waals surface area contributed by atoms with E-state index >= 15 is 0 Å². The van der Waals surface area contributed by atoms with Crippen LogP contribution >= 0.6 is 0 Å². The molecule has 0 saturated carbocycles. The number of rotatable bonds is 14. The fourth-order valence-corrected chi connectivity index (χ4v) is 6.36. The van der Waals surface area contributed by atoms with Gasteiger partial charge in [-0.1, -0.05) is 86.6 Å². The van der Waals surface area contributed by atoms with Gasteiger partial charge in [0, 0.05) is 19.0 Å². The molecular weight excluding hydrogens is 589 g/mol. The van der Waals surface area contributed by atoms with E-state index in [9.17, 15) is 22.4 Å². The highest BCUT2D eigenvalue weighted by molar-refractivity contribution is 7.92. The van der Waals surface area contributed by atoms with Crippen molar-refractivity contribution in [3.8, 4) is 0 Å². The van der Waals surface area contributed by atoms with E-state index in [0.717, 1.165) is 21.9 Å². The topological polar surface area (TPSA) is 86.8 Å². The fourth-order valence-electron chi connectivity index (χ4n) is 4.93. The lowest BCUT2D eigenvalue weighted by molar-refractivity contribution is -0.140. The number of carbonyl (C=O) groups is 2. The van der Waals surface area contributed by atoms with E-state index in [2.05, 4.69) is 5.32 Å². The predicted octanol–water partition coefficient (Wildman–Crippen LogP) is 6.14. The average Bonchev–Trinajstić information content (AvgIpc) is 3.06. The lowest BCUT2D eigenvalue weighted by Crippen LogP contribution is -2.54. The van der Waals surface area contributed by atoms with Crippen LogP contribution in [0.2, 0.25) is 0 Å². The molecule has 4 aromatic carbocycles. The van der Waals surface area contributed by atoms with Gasteiger partial charge >= 0.3 is 0 Å². The molecule has 0 aromatic heterocycles. The molecule has 9 heteroatoms. The molecule has 0 radical (unpaired) electrons. The molecule has 236 valence electrons. The second-order valence-electron chi connectivity index (χ2n) is 11.0. The molecule has 0 bridgehead atoms. The van der Waals surface area contributed by atoms with Crippen molar-refractivity contribution in [2.45, 2.75) is 63.6 Å². The molecule has 0 aliphatic rings. The number of halogens is 1. The van der Waals surface area contributed by atoms with Gasteiger partial charge in [0.25, 0.3) is 10.0 Å². The van der Waals surface area contributed by atoms with Gasteiger partial charge < -0.3 is 10.2 Å². The van der Waals surface area contributed by atoms with Gasteiger partial charge in [-0.2, -0.15) is 0 Å². The van der Waals surface area contributed by atoms with Crippen LogP contribution in [0, 0.1) is 5.82 Å². The minimum absolute atomic E-state index is 0.0292.